The van der Waals surface area contributed by atoms with Crippen LogP contribution in [-0.4, -0.2) is 48.5 Å². The highest BCUT2D eigenvalue weighted by atomic mass is 32.2. The Kier molecular flexibility index (Phi) is 5.36. The van der Waals surface area contributed by atoms with Crippen molar-refractivity contribution in [3.8, 4) is 5.75 Å². The number of carbonyl (C=O) groups is 2. The summed E-state index contributed by atoms with van der Waals surface area (Å²) >= 11 is 4.94. The Morgan fingerprint density at radius 1 is 1.40 bits per heavy atom. The Morgan fingerprint density at radius 2 is 2.08 bits per heavy atom. The molecule has 10 heteroatoms. The maximum absolute atomic E-state index is 12.4. The van der Waals surface area contributed by atoms with Crippen LogP contribution in [0.5, 0.6) is 5.75 Å². The summed E-state index contributed by atoms with van der Waals surface area (Å²) in [6.07, 6.45) is 2.65. The number of ether oxygens (including phenoxy) is 1. The van der Waals surface area contributed by atoms with E-state index in [9.17, 15) is 22.6 Å². The summed E-state index contributed by atoms with van der Waals surface area (Å²) in [6.45, 7) is 3.62. The van der Waals surface area contributed by atoms with Crippen LogP contribution in [-0.2, 0) is 19.7 Å². The van der Waals surface area contributed by atoms with Crippen molar-refractivity contribution in [3.05, 3.63) is 42.0 Å². The Balaban J connectivity index is 2.52. The third-order valence-corrected chi connectivity index (χ3v) is 4.47. The van der Waals surface area contributed by atoms with Gasteiger partial charge >= 0.3 is 0 Å². The van der Waals surface area contributed by atoms with E-state index in [2.05, 4.69) is 11.9 Å². The first kappa shape index (κ1) is 18.8. The fraction of sp³-hybridized carbons (Fsp3) is 0.133. The molecular formula is C15H14N2O6S2. The number of hydrogen-bond acceptors (Lipinski definition) is 6. The summed E-state index contributed by atoms with van der Waals surface area (Å²) in [5.41, 5.74) is -0.0276. The van der Waals surface area contributed by atoms with Gasteiger partial charge in [-0.15, -0.1) is 6.58 Å². The smallest absolute Gasteiger partial charge is 0.298 e. The molecule has 0 unspecified atom stereocenters. The monoisotopic (exact) mass is 382 g/mol. The normalized spacial score (nSPS) is 16.8. The molecule has 1 heterocycles. The summed E-state index contributed by atoms with van der Waals surface area (Å²) in [6, 6.07) is 3.82. The second kappa shape index (κ2) is 7.13. The first-order chi connectivity index (χ1) is 11.7. The third-order valence-electron chi connectivity index (χ3n) is 3.27. The lowest BCUT2D eigenvalue weighted by Gasteiger charge is -2.27. The summed E-state index contributed by atoms with van der Waals surface area (Å²) in [5.74, 6) is -1.42. The van der Waals surface area contributed by atoms with Gasteiger partial charge in [0.1, 0.15) is 16.2 Å². The van der Waals surface area contributed by atoms with Gasteiger partial charge in [0.25, 0.3) is 21.9 Å². The minimum atomic E-state index is -4.55. The average Bonchev–Trinajstić information content (AvgIpc) is 2.54. The van der Waals surface area contributed by atoms with E-state index in [0.29, 0.717) is 0 Å². The van der Waals surface area contributed by atoms with Gasteiger partial charge < -0.3 is 4.74 Å². The van der Waals surface area contributed by atoms with Crippen molar-refractivity contribution in [1.29, 1.82) is 0 Å². The molecule has 0 aliphatic carbocycles. The number of carbonyl (C=O) groups excluding carboxylic acids is 2. The lowest BCUT2D eigenvalue weighted by molar-refractivity contribution is -0.128. The molecule has 0 aromatic heterocycles. The number of benzene rings is 1. The van der Waals surface area contributed by atoms with Crippen molar-refractivity contribution >= 4 is 45.3 Å². The van der Waals surface area contributed by atoms with E-state index in [4.69, 9.17) is 17.0 Å². The maximum Gasteiger partial charge on any atom is 0.298 e. The Morgan fingerprint density at radius 3 is 2.64 bits per heavy atom. The second-order valence-electron chi connectivity index (χ2n) is 4.91. The van der Waals surface area contributed by atoms with E-state index in [1.165, 1.54) is 31.4 Å². The van der Waals surface area contributed by atoms with E-state index >= 15 is 0 Å². The minimum Gasteiger partial charge on any atom is -0.495 e. The highest BCUT2D eigenvalue weighted by Crippen LogP contribution is 2.26. The summed E-state index contributed by atoms with van der Waals surface area (Å²) in [7, 11) is -3.30. The Hall–Kier alpha value is -2.56. The zero-order chi connectivity index (χ0) is 18.8. The fourth-order valence-electron chi connectivity index (χ4n) is 2.14. The maximum atomic E-state index is 12.4. The van der Waals surface area contributed by atoms with Crippen LogP contribution >= 0.6 is 12.2 Å². The molecule has 25 heavy (non-hydrogen) atoms. The zero-order valence-electron chi connectivity index (χ0n) is 13.1. The number of methoxy groups -OCH3 is 1. The molecule has 2 rings (SSSR count). The molecule has 132 valence electrons. The van der Waals surface area contributed by atoms with Crippen molar-refractivity contribution < 1.29 is 27.3 Å². The Labute approximate surface area is 149 Å². The molecule has 0 radical (unpaired) electrons. The van der Waals surface area contributed by atoms with Gasteiger partial charge in [-0.2, -0.15) is 8.42 Å². The fourth-order valence-corrected chi connectivity index (χ4v) is 3.08. The van der Waals surface area contributed by atoms with Crippen LogP contribution in [0.1, 0.15) is 5.56 Å². The molecule has 1 aromatic carbocycles. The molecule has 8 nitrogen and oxygen atoms in total. The van der Waals surface area contributed by atoms with Crippen LogP contribution in [0.2, 0.25) is 0 Å². The van der Waals surface area contributed by atoms with Crippen LogP contribution in [0, 0.1) is 0 Å². The first-order valence-electron chi connectivity index (χ1n) is 6.84. The lowest BCUT2D eigenvalue weighted by atomic mass is 10.1. The molecule has 1 fully saturated rings. The molecule has 2 N–H and O–H groups in total. The third kappa shape index (κ3) is 3.92. The van der Waals surface area contributed by atoms with Crippen LogP contribution in [0.4, 0.5) is 0 Å². The Bertz CT molecular complexity index is 905. The number of nitrogens with zero attached hydrogens (tertiary/aromatic N) is 1. The molecule has 0 bridgehead atoms. The topological polar surface area (TPSA) is 113 Å². The van der Waals surface area contributed by atoms with Crippen LogP contribution in [0.15, 0.2) is 41.3 Å². The van der Waals surface area contributed by atoms with Gasteiger partial charge in [-0.05, 0) is 36.0 Å². The van der Waals surface area contributed by atoms with Crippen LogP contribution in [0.3, 0.4) is 0 Å². The lowest BCUT2D eigenvalue weighted by Crippen LogP contribution is -2.53. The highest BCUT2D eigenvalue weighted by molar-refractivity contribution is 7.86. The molecule has 1 aromatic rings. The van der Waals surface area contributed by atoms with Gasteiger partial charge in [-0.3, -0.25) is 24.4 Å². The molecule has 1 aliphatic rings. The van der Waals surface area contributed by atoms with Crippen molar-refractivity contribution in [2.24, 2.45) is 0 Å². The van der Waals surface area contributed by atoms with E-state index < -0.39 is 26.8 Å². The number of thiocarbonyl (C=S) groups is 1. The van der Waals surface area contributed by atoms with Gasteiger partial charge in [0.2, 0.25) is 0 Å². The van der Waals surface area contributed by atoms with Gasteiger partial charge in [0, 0.05) is 6.54 Å². The predicted octanol–water partition coefficient (Wildman–Crippen LogP) is 0.755. The predicted molar refractivity (Wildman–Crippen MR) is 93.4 cm³/mol. The summed E-state index contributed by atoms with van der Waals surface area (Å²) in [5, 5.41) is 2.33. The van der Waals surface area contributed by atoms with Gasteiger partial charge in [-0.25, -0.2) is 0 Å². The molecule has 0 saturated carbocycles. The number of hydrogen-bond donors (Lipinski definition) is 2. The van der Waals surface area contributed by atoms with Gasteiger partial charge in [0.15, 0.2) is 5.11 Å². The standard InChI is InChI=1S/C15H14N2O6S2/c1-3-6-17-14(19)10(13(18)16-15(17)24)7-9-4-5-11(23-2)12(8-9)25(20,21)22/h3-5,7-8H,1,6H2,2H3,(H,16,18,24)(H,20,21,22)/b10-7+. The number of nitrogens with one attached hydrogen (secondary N) is 1. The quantitative estimate of drug-likeness (QED) is 0.254. The molecular weight excluding hydrogens is 368 g/mol. The van der Waals surface area contributed by atoms with E-state index in [-0.39, 0.29) is 28.5 Å². The van der Waals surface area contributed by atoms with Crippen molar-refractivity contribution in [1.82, 2.24) is 10.2 Å². The van der Waals surface area contributed by atoms with E-state index in [1.807, 2.05) is 0 Å². The molecule has 2 amide bonds. The van der Waals surface area contributed by atoms with Crippen LogP contribution < -0.4 is 10.1 Å². The van der Waals surface area contributed by atoms with Gasteiger partial charge in [-0.1, -0.05) is 12.1 Å². The van der Waals surface area contributed by atoms with Crippen molar-refractivity contribution in [2.45, 2.75) is 4.90 Å². The zero-order valence-corrected chi connectivity index (χ0v) is 14.7. The van der Waals surface area contributed by atoms with Gasteiger partial charge in [0.05, 0.1) is 7.11 Å². The van der Waals surface area contributed by atoms with Crippen molar-refractivity contribution in [2.75, 3.05) is 13.7 Å². The van der Waals surface area contributed by atoms with Crippen molar-refractivity contribution in [3.63, 3.8) is 0 Å². The average molecular weight is 382 g/mol. The van der Waals surface area contributed by atoms with E-state index in [1.54, 1.807) is 0 Å². The SMILES string of the molecule is C=CCN1C(=O)/C(=C/c2ccc(OC)c(S(=O)(=O)O)c2)C(=O)NC1=S. The second-order valence-corrected chi connectivity index (χ2v) is 6.68. The largest absolute Gasteiger partial charge is 0.495 e. The summed E-state index contributed by atoms with van der Waals surface area (Å²) < 4.78 is 37.0. The molecule has 1 aliphatic heterocycles. The number of amides is 2. The minimum absolute atomic E-state index is 0.0413. The molecule has 0 atom stereocenters. The highest BCUT2D eigenvalue weighted by Gasteiger charge is 2.32. The first-order valence-corrected chi connectivity index (χ1v) is 8.69. The molecule has 0 spiro atoms. The van der Waals surface area contributed by atoms with Crippen LogP contribution in [0.25, 0.3) is 6.08 Å². The summed E-state index contributed by atoms with van der Waals surface area (Å²) in [4.78, 5) is 25.1. The molecule has 1 saturated heterocycles. The van der Waals surface area contributed by atoms with E-state index in [0.717, 1.165) is 11.0 Å². The number of rotatable bonds is 5.